The highest BCUT2D eigenvalue weighted by molar-refractivity contribution is 6.20. The van der Waals surface area contributed by atoms with Gasteiger partial charge in [-0.3, -0.25) is 14.5 Å². The number of para-hydroxylation sites is 2. The number of alkyl halides is 1. The predicted molar refractivity (Wildman–Crippen MR) is 123 cm³/mol. The number of fused-ring (bicyclic) bond motifs is 3. The van der Waals surface area contributed by atoms with E-state index in [0.717, 1.165) is 29.9 Å². The Morgan fingerprint density at radius 2 is 1.84 bits per heavy atom. The molecule has 0 radical (unpaired) electrons. The van der Waals surface area contributed by atoms with Crippen LogP contribution in [0.5, 0.6) is 0 Å². The van der Waals surface area contributed by atoms with Crippen LogP contribution >= 0.6 is 11.6 Å². The van der Waals surface area contributed by atoms with Gasteiger partial charge < -0.3 is 13.9 Å². The normalized spacial score (nSPS) is 17.6. The van der Waals surface area contributed by atoms with E-state index in [0.29, 0.717) is 5.76 Å². The summed E-state index contributed by atoms with van der Waals surface area (Å²) in [6.07, 6.45) is 5.45. The highest BCUT2D eigenvalue weighted by atomic mass is 35.5. The molecule has 2 aliphatic rings. The molecule has 1 fully saturated rings. The zero-order valence-corrected chi connectivity index (χ0v) is 19.0. The topological polar surface area (TPSA) is 58.7 Å². The van der Waals surface area contributed by atoms with Crippen LogP contribution in [0.15, 0.2) is 65.4 Å². The van der Waals surface area contributed by atoms with E-state index in [-0.39, 0.29) is 30.3 Å². The van der Waals surface area contributed by atoms with Crippen LogP contribution in [0, 0.1) is 5.41 Å². The fourth-order valence-electron chi connectivity index (χ4n) is 4.40. The predicted octanol–water partition coefficient (Wildman–Crippen LogP) is 4.76. The lowest BCUT2D eigenvalue weighted by molar-refractivity contribution is -0.142. The Morgan fingerprint density at radius 3 is 2.50 bits per heavy atom. The van der Waals surface area contributed by atoms with Gasteiger partial charge in [0, 0.05) is 18.1 Å². The Kier molecular flexibility index (Phi) is 5.13. The van der Waals surface area contributed by atoms with Crippen molar-refractivity contribution in [1.82, 2.24) is 9.47 Å². The third kappa shape index (κ3) is 3.43. The van der Waals surface area contributed by atoms with Crippen molar-refractivity contribution in [2.24, 2.45) is 5.41 Å². The maximum absolute atomic E-state index is 13.9. The van der Waals surface area contributed by atoms with Crippen LogP contribution in [0.2, 0.25) is 0 Å². The molecule has 0 bridgehead atoms. The minimum Gasteiger partial charge on any atom is -0.467 e. The average molecular weight is 452 g/mol. The van der Waals surface area contributed by atoms with Crippen LogP contribution in [0.3, 0.4) is 0 Å². The highest BCUT2D eigenvalue weighted by Crippen LogP contribution is 2.43. The third-order valence-electron chi connectivity index (χ3n) is 6.27. The van der Waals surface area contributed by atoms with E-state index in [1.54, 1.807) is 16.1 Å². The molecule has 1 aliphatic carbocycles. The largest absolute Gasteiger partial charge is 0.467 e. The molecule has 3 heterocycles. The number of hydrogen-bond acceptors (Lipinski definition) is 3. The lowest BCUT2D eigenvalue weighted by atomic mass is 9.94. The van der Waals surface area contributed by atoms with Crippen LogP contribution in [0.4, 0.5) is 5.69 Å². The number of aromatic nitrogens is 1. The van der Waals surface area contributed by atoms with E-state index in [2.05, 4.69) is 4.57 Å². The average Bonchev–Trinajstić information content (AvgIpc) is 3.27. The van der Waals surface area contributed by atoms with Gasteiger partial charge in [-0.15, -0.1) is 11.6 Å². The molecule has 1 aromatic carbocycles. The number of nitrogens with zero attached hydrogens (tertiary/aromatic N) is 3. The van der Waals surface area contributed by atoms with E-state index in [4.69, 9.17) is 16.0 Å². The minimum absolute atomic E-state index is 0.00999. The van der Waals surface area contributed by atoms with Crippen LogP contribution in [-0.4, -0.2) is 39.7 Å². The van der Waals surface area contributed by atoms with Crippen molar-refractivity contribution in [3.63, 3.8) is 0 Å². The summed E-state index contributed by atoms with van der Waals surface area (Å²) in [6, 6.07) is 15.2. The summed E-state index contributed by atoms with van der Waals surface area (Å²) in [7, 11) is 0. The van der Waals surface area contributed by atoms with Crippen LogP contribution < -0.4 is 4.90 Å². The third-order valence-corrected chi connectivity index (χ3v) is 6.94. The second-order valence-electron chi connectivity index (χ2n) is 9.16. The van der Waals surface area contributed by atoms with E-state index < -0.39 is 11.5 Å². The van der Waals surface area contributed by atoms with Crippen molar-refractivity contribution in [3.05, 3.63) is 72.4 Å². The number of benzene rings is 1. The number of anilines is 1. The Hall–Kier alpha value is -2.99. The zero-order valence-electron chi connectivity index (χ0n) is 18.2. The van der Waals surface area contributed by atoms with Gasteiger partial charge in [0.2, 0.25) is 11.8 Å². The molecule has 1 saturated carbocycles. The summed E-state index contributed by atoms with van der Waals surface area (Å²) in [4.78, 5) is 30.7. The van der Waals surface area contributed by atoms with Gasteiger partial charge in [-0.25, -0.2) is 0 Å². The molecule has 166 valence electrons. The Morgan fingerprint density at radius 1 is 1.09 bits per heavy atom. The number of carbonyl (C=O) groups is 2. The SMILES string of the molecule is CC(C)(CCl)C(=O)N(CC(=O)N1c2ccccc2-n2cccc2C1c1ccco1)C1CC1. The summed E-state index contributed by atoms with van der Waals surface area (Å²) >= 11 is 6.09. The van der Waals surface area contributed by atoms with E-state index in [1.165, 1.54) is 0 Å². The molecule has 7 heteroatoms. The van der Waals surface area contributed by atoms with Crippen molar-refractivity contribution in [2.75, 3.05) is 17.3 Å². The van der Waals surface area contributed by atoms with Gasteiger partial charge in [-0.1, -0.05) is 12.1 Å². The van der Waals surface area contributed by atoms with Crippen LogP contribution in [0.1, 0.15) is 44.2 Å². The lowest BCUT2D eigenvalue weighted by Crippen LogP contribution is -2.50. The maximum atomic E-state index is 13.9. The molecular formula is C25H26ClN3O3. The molecule has 1 aliphatic heterocycles. The molecule has 0 saturated heterocycles. The summed E-state index contributed by atoms with van der Waals surface area (Å²) in [5, 5.41) is 0. The van der Waals surface area contributed by atoms with Crippen molar-refractivity contribution in [2.45, 2.75) is 38.8 Å². The Balaban J connectivity index is 1.56. The number of furan rings is 1. The van der Waals surface area contributed by atoms with E-state index in [9.17, 15) is 9.59 Å². The first kappa shape index (κ1) is 20.9. The fourth-order valence-corrected chi connectivity index (χ4v) is 4.51. The first-order valence-corrected chi connectivity index (χ1v) is 11.4. The summed E-state index contributed by atoms with van der Waals surface area (Å²) in [5.41, 5.74) is 1.94. The molecule has 1 atom stereocenters. The second kappa shape index (κ2) is 7.85. The van der Waals surface area contributed by atoms with Crippen LogP contribution in [0.25, 0.3) is 5.69 Å². The number of amides is 2. The minimum atomic E-state index is -0.723. The number of hydrogen-bond donors (Lipinski definition) is 0. The number of carbonyl (C=O) groups excluding carboxylic acids is 2. The first-order valence-electron chi connectivity index (χ1n) is 10.9. The number of rotatable bonds is 6. The molecule has 0 spiro atoms. The van der Waals surface area contributed by atoms with Gasteiger partial charge in [0.1, 0.15) is 18.3 Å². The fraction of sp³-hybridized carbons (Fsp3) is 0.360. The zero-order chi connectivity index (χ0) is 22.5. The molecule has 1 unspecified atom stereocenters. The van der Waals surface area contributed by atoms with Crippen LogP contribution in [-0.2, 0) is 9.59 Å². The highest BCUT2D eigenvalue weighted by Gasteiger charge is 2.43. The molecule has 2 aromatic heterocycles. The van der Waals surface area contributed by atoms with Crippen molar-refractivity contribution in [1.29, 1.82) is 0 Å². The molecule has 3 aromatic rings. The molecule has 2 amide bonds. The summed E-state index contributed by atoms with van der Waals surface area (Å²) < 4.78 is 7.86. The smallest absolute Gasteiger partial charge is 0.247 e. The van der Waals surface area contributed by atoms with Gasteiger partial charge in [-0.05, 0) is 63.1 Å². The molecule has 32 heavy (non-hydrogen) atoms. The van der Waals surface area contributed by atoms with Gasteiger partial charge in [-0.2, -0.15) is 0 Å². The lowest BCUT2D eigenvalue weighted by Gasteiger charge is -2.39. The second-order valence-corrected chi connectivity index (χ2v) is 9.42. The van der Waals surface area contributed by atoms with E-state index in [1.807, 2.05) is 68.6 Å². The van der Waals surface area contributed by atoms with E-state index >= 15 is 0 Å². The molecule has 6 nitrogen and oxygen atoms in total. The molecule has 0 N–H and O–H groups in total. The monoisotopic (exact) mass is 451 g/mol. The van der Waals surface area contributed by atoms with Gasteiger partial charge >= 0.3 is 0 Å². The van der Waals surface area contributed by atoms with Gasteiger partial charge in [0.15, 0.2) is 0 Å². The number of halogens is 1. The Bertz CT molecular complexity index is 1150. The Labute approximate surface area is 192 Å². The molecule has 5 rings (SSSR count). The molecular weight excluding hydrogens is 426 g/mol. The van der Waals surface area contributed by atoms with Crippen molar-refractivity contribution in [3.8, 4) is 5.69 Å². The maximum Gasteiger partial charge on any atom is 0.247 e. The standard InChI is InChI=1S/C25H26ClN3O3/c1-25(2,16-26)24(31)28(17-11-12-17)15-22(30)29-19-8-4-3-7-18(19)27-13-5-9-20(27)23(29)21-10-6-14-32-21/h3-10,13-14,17,23H,11-12,15-16H2,1-2H3. The van der Waals surface area contributed by atoms with Crippen molar-refractivity contribution >= 4 is 29.1 Å². The van der Waals surface area contributed by atoms with Crippen molar-refractivity contribution < 1.29 is 14.0 Å². The van der Waals surface area contributed by atoms with Gasteiger partial charge in [0.25, 0.3) is 0 Å². The quantitative estimate of drug-likeness (QED) is 0.507. The summed E-state index contributed by atoms with van der Waals surface area (Å²) in [5.74, 6) is 0.667. The van der Waals surface area contributed by atoms with Gasteiger partial charge in [0.05, 0.1) is 28.7 Å². The first-order chi connectivity index (χ1) is 15.4. The summed E-state index contributed by atoms with van der Waals surface area (Å²) in [6.45, 7) is 3.67.